The number of rotatable bonds is 9. The number of likely N-dealkylation sites (N-methyl/N-ethyl adjacent to an activating group) is 1. The maximum absolute atomic E-state index is 13.0. The molecular formula is C38H42N4O3. The predicted octanol–water partition coefficient (Wildman–Crippen LogP) is 6.82. The van der Waals surface area contributed by atoms with Gasteiger partial charge in [0.05, 0.1) is 5.56 Å². The molecule has 0 aliphatic carbocycles. The number of fused-ring (bicyclic) bond motifs is 1. The van der Waals surface area contributed by atoms with Crippen molar-refractivity contribution in [2.75, 3.05) is 45.1 Å². The molecule has 0 saturated carbocycles. The summed E-state index contributed by atoms with van der Waals surface area (Å²) in [5.74, 6) is -0.514. The van der Waals surface area contributed by atoms with E-state index >= 15 is 0 Å². The van der Waals surface area contributed by atoms with Crippen molar-refractivity contribution in [3.05, 3.63) is 113 Å². The number of anilines is 1. The highest BCUT2D eigenvalue weighted by atomic mass is 16.3. The fourth-order valence-electron chi connectivity index (χ4n) is 6.42. The lowest BCUT2D eigenvalue weighted by molar-refractivity contribution is 0.102. The number of benzene rings is 4. The Bertz CT molecular complexity index is 1780. The van der Waals surface area contributed by atoms with E-state index in [1.54, 1.807) is 0 Å². The first kappa shape index (κ1) is 30.4. The Labute approximate surface area is 265 Å². The molecule has 7 nitrogen and oxygen atoms in total. The lowest BCUT2D eigenvalue weighted by atomic mass is 10.0. The first-order valence-electron chi connectivity index (χ1n) is 15.8. The predicted molar refractivity (Wildman–Crippen MR) is 182 cm³/mol. The average Bonchev–Trinajstić information content (AvgIpc) is 3.27. The van der Waals surface area contributed by atoms with Crippen molar-refractivity contribution < 1.29 is 15.0 Å². The number of piperazine rings is 1. The van der Waals surface area contributed by atoms with E-state index in [1.165, 1.54) is 39.9 Å². The first-order chi connectivity index (χ1) is 21.8. The molecule has 0 unspecified atom stereocenters. The molecule has 3 N–H and O–H groups in total. The second kappa shape index (κ2) is 13.2. The zero-order valence-electron chi connectivity index (χ0n) is 26.4. The first-order valence-corrected chi connectivity index (χ1v) is 15.8. The third kappa shape index (κ3) is 6.75. The molecule has 7 heteroatoms. The summed E-state index contributed by atoms with van der Waals surface area (Å²) in [6.07, 6.45) is 1.92. The number of aromatic nitrogens is 1. The quantitative estimate of drug-likeness (QED) is 0.173. The Morgan fingerprint density at radius 1 is 0.800 bits per heavy atom. The van der Waals surface area contributed by atoms with Gasteiger partial charge in [-0.3, -0.25) is 4.79 Å². The second-order valence-corrected chi connectivity index (χ2v) is 12.3. The molecule has 5 aromatic rings. The van der Waals surface area contributed by atoms with Crippen molar-refractivity contribution in [1.29, 1.82) is 0 Å². The third-order valence-electron chi connectivity index (χ3n) is 9.20. The van der Waals surface area contributed by atoms with Crippen LogP contribution in [0.4, 0.5) is 5.69 Å². The summed E-state index contributed by atoms with van der Waals surface area (Å²) >= 11 is 0. The van der Waals surface area contributed by atoms with Crippen LogP contribution in [0.1, 0.15) is 39.2 Å². The maximum Gasteiger partial charge on any atom is 0.255 e. The average molecular weight is 603 g/mol. The highest BCUT2D eigenvalue weighted by Gasteiger charge is 2.16. The van der Waals surface area contributed by atoms with Gasteiger partial charge in [0.15, 0.2) is 0 Å². The number of hydrogen-bond donors (Lipinski definition) is 3. The second-order valence-electron chi connectivity index (χ2n) is 12.3. The number of aryl methyl sites for hydroxylation is 2. The minimum absolute atomic E-state index is 0.102. The number of carbonyl (C=O) groups is 1. The van der Waals surface area contributed by atoms with E-state index in [4.69, 9.17) is 0 Å². The highest BCUT2D eigenvalue weighted by Crippen LogP contribution is 2.39. The zero-order valence-corrected chi connectivity index (χ0v) is 26.4. The van der Waals surface area contributed by atoms with Gasteiger partial charge in [0.2, 0.25) is 0 Å². The van der Waals surface area contributed by atoms with Crippen LogP contribution in [-0.2, 0) is 13.0 Å². The standard InChI is InChI=1S/C38H42N4O3/c1-26-27(2)42(17-7-16-41-20-18-40(3)19-21-41)34-15-12-29(23-33(26)34)22-28-10-13-31(14-11-28)38(45)39-32-24-35(43)37(36(44)25-32)30-8-5-4-6-9-30/h4-6,8-15,23-25,43-44H,7,16-22H2,1-3H3,(H,39,45). The molecule has 0 bridgehead atoms. The summed E-state index contributed by atoms with van der Waals surface area (Å²) < 4.78 is 2.48. The lowest BCUT2D eigenvalue weighted by Crippen LogP contribution is -2.44. The number of nitrogens with one attached hydrogen (secondary N) is 1. The van der Waals surface area contributed by atoms with Gasteiger partial charge in [-0.05, 0) is 86.8 Å². The SMILES string of the molecule is Cc1c(C)n(CCCN2CCN(C)CC2)c2ccc(Cc3ccc(C(=O)Nc4cc(O)c(-c5ccccc5)c(O)c4)cc3)cc12. The Morgan fingerprint density at radius 2 is 1.47 bits per heavy atom. The van der Waals surface area contributed by atoms with Crippen molar-refractivity contribution in [2.24, 2.45) is 0 Å². The topological polar surface area (TPSA) is 81.0 Å². The Hall–Kier alpha value is -4.59. The summed E-state index contributed by atoms with van der Waals surface area (Å²) in [6.45, 7) is 11.3. The molecule has 0 spiro atoms. The van der Waals surface area contributed by atoms with Crippen LogP contribution in [0.15, 0.2) is 84.9 Å². The molecule has 1 amide bonds. The van der Waals surface area contributed by atoms with E-state index in [9.17, 15) is 15.0 Å². The van der Waals surface area contributed by atoms with Crippen molar-refractivity contribution in [2.45, 2.75) is 33.2 Å². The molecule has 0 radical (unpaired) electrons. The lowest BCUT2D eigenvalue weighted by Gasteiger charge is -2.32. The normalized spacial score (nSPS) is 14.2. The minimum atomic E-state index is -0.311. The Balaban J connectivity index is 1.09. The molecule has 1 aliphatic rings. The Kier molecular flexibility index (Phi) is 8.92. The van der Waals surface area contributed by atoms with Crippen LogP contribution in [0, 0.1) is 13.8 Å². The van der Waals surface area contributed by atoms with Crippen molar-refractivity contribution >= 4 is 22.5 Å². The summed E-state index contributed by atoms with van der Waals surface area (Å²) in [5.41, 5.74) is 8.19. The number of amides is 1. The summed E-state index contributed by atoms with van der Waals surface area (Å²) in [4.78, 5) is 18.0. The van der Waals surface area contributed by atoms with Crippen LogP contribution in [0.5, 0.6) is 11.5 Å². The number of phenols is 2. The minimum Gasteiger partial charge on any atom is -0.507 e. The molecule has 0 atom stereocenters. The van der Waals surface area contributed by atoms with Crippen LogP contribution in [0.25, 0.3) is 22.0 Å². The van der Waals surface area contributed by atoms with Gasteiger partial charge in [-0.25, -0.2) is 0 Å². The molecule has 4 aromatic carbocycles. The number of nitrogens with zero attached hydrogens (tertiary/aromatic N) is 3. The fraction of sp³-hybridized carbons (Fsp3) is 0.289. The zero-order chi connectivity index (χ0) is 31.5. The van der Waals surface area contributed by atoms with Gasteiger partial charge in [-0.1, -0.05) is 48.5 Å². The van der Waals surface area contributed by atoms with E-state index in [-0.39, 0.29) is 17.4 Å². The maximum atomic E-state index is 13.0. The van der Waals surface area contributed by atoms with Crippen LogP contribution >= 0.6 is 0 Å². The van der Waals surface area contributed by atoms with Gasteiger partial charge < -0.3 is 29.9 Å². The Morgan fingerprint density at radius 3 is 2.16 bits per heavy atom. The van der Waals surface area contributed by atoms with Crippen molar-refractivity contribution in [3.8, 4) is 22.6 Å². The molecule has 232 valence electrons. The van der Waals surface area contributed by atoms with Gasteiger partial charge in [0.1, 0.15) is 11.5 Å². The molecule has 1 aliphatic heterocycles. The van der Waals surface area contributed by atoms with Crippen molar-refractivity contribution in [1.82, 2.24) is 14.4 Å². The van der Waals surface area contributed by atoms with E-state index < -0.39 is 0 Å². The molecule has 1 fully saturated rings. The van der Waals surface area contributed by atoms with Gasteiger partial charge in [0, 0.05) is 72.7 Å². The smallest absolute Gasteiger partial charge is 0.255 e. The van der Waals surface area contributed by atoms with E-state index in [2.05, 4.69) is 58.8 Å². The molecule has 6 rings (SSSR count). The molecular weight excluding hydrogens is 560 g/mol. The molecule has 1 aromatic heterocycles. The third-order valence-corrected chi connectivity index (χ3v) is 9.20. The molecule has 1 saturated heterocycles. The number of phenolic OH excluding ortho intramolecular Hbond substituents is 2. The number of hydrogen-bond acceptors (Lipinski definition) is 5. The fourth-order valence-corrected chi connectivity index (χ4v) is 6.42. The van der Waals surface area contributed by atoms with Gasteiger partial charge in [0.25, 0.3) is 5.91 Å². The molecule has 45 heavy (non-hydrogen) atoms. The number of carbonyl (C=O) groups excluding carboxylic acids is 1. The van der Waals surface area contributed by atoms with Crippen LogP contribution in [0.2, 0.25) is 0 Å². The van der Waals surface area contributed by atoms with Crippen LogP contribution in [-0.4, -0.2) is 70.3 Å². The van der Waals surface area contributed by atoms with Gasteiger partial charge in [-0.15, -0.1) is 0 Å². The van der Waals surface area contributed by atoms with E-state index in [1.807, 2.05) is 54.6 Å². The van der Waals surface area contributed by atoms with Gasteiger partial charge in [-0.2, -0.15) is 0 Å². The van der Waals surface area contributed by atoms with E-state index in [0.29, 0.717) is 22.4 Å². The monoisotopic (exact) mass is 602 g/mol. The summed E-state index contributed by atoms with van der Waals surface area (Å²) in [7, 11) is 2.20. The van der Waals surface area contributed by atoms with Gasteiger partial charge >= 0.3 is 0 Å². The molecule has 2 heterocycles. The summed E-state index contributed by atoms with van der Waals surface area (Å²) in [6, 6.07) is 26.4. The van der Waals surface area contributed by atoms with Crippen LogP contribution < -0.4 is 5.32 Å². The van der Waals surface area contributed by atoms with E-state index in [0.717, 1.165) is 57.7 Å². The highest BCUT2D eigenvalue weighted by molar-refractivity contribution is 6.04. The van der Waals surface area contributed by atoms with Crippen molar-refractivity contribution in [3.63, 3.8) is 0 Å². The summed E-state index contributed by atoms with van der Waals surface area (Å²) in [5, 5.41) is 25.2. The van der Waals surface area contributed by atoms with Crippen LogP contribution in [0.3, 0.4) is 0 Å². The number of aromatic hydroxyl groups is 2. The largest absolute Gasteiger partial charge is 0.507 e.